The summed E-state index contributed by atoms with van der Waals surface area (Å²) < 4.78 is 0. The average molecular weight is 195 g/mol. The van der Waals surface area contributed by atoms with E-state index < -0.39 is 11.9 Å². The Morgan fingerprint density at radius 3 is 2.29 bits per heavy atom. The molecule has 0 heterocycles. The number of aromatic carboxylic acids is 2. The molecule has 0 saturated heterocycles. The molecule has 1 aromatic rings. The average Bonchev–Trinajstić information content (AvgIpc) is 2.16. The van der Waals surface area contributed by atoms with Gasteiger partial charge in [0, 0.05) is 6.07 Å². The van der Waals surface area contributed by atoms with E-state index in [0.29, 0.717) is 5.69 Å². The summed E-state index contributed by atoms with van der Waals surface area (Å²) in [7, 11) is 3.42. The maximum atomic E-state index is 10.7. The Hall–Kier alpha value is -1.88. The Balaban J connectivity index is 3.25. The van der Waals surface area contributed by atoms with Crippen LogP contribution in [0.2, 0.25) is 0 Å². The van der Waals surface area contributed by atoms with E-state index in [0.717, 1.165) is 0 Å². The zero-order valence-electron chi connectivity index (χ0n) is 7.23. The molecule has 0 amide bonds. The van der Waals surface area contributed by atoms with Crippen molar-refractivity contribution in [2.45, 2.75) is 0 Å². The SMILES string of the molecule is [CH2-][NH2+]c1cc(C(=O)O)ccc1C(=O)O. The number of rotatable bonds is 3. The van der Waals surface area contributed by atoms with Crippen LogP contribution in [0.4, 0.5) is 5.69 Å². The lowest BCUT2D eigenvalue weighted by Gasteiger charge is -2.04. The van der Waals surface area contributed by atoms with Gasteiger partial charge in [-0.25, -0.2) is 9.59 Å². The van der Waals surface area contributed by atoms with Gasteiger partial charge in [0.25, 0.3) is 0 Å². The fourth-order valence-electron chi connectivity index (χ4n) is 1.06. The third-order valence-corrected chi connectivity index (χ3v) is 1.75. The van der Waals surface area contributed by atoms with E-state index in [1.807, 2.05) is 0 Å². The quantitative estimate of drug-likeness (QED) is 0.470. The molecule has 4 N–H and O–H groups in total. The smallest absolute Gasteiger partial charge is 0.341 e. The lowest BCUT2D eigenvalue weighted by Crippen LogP contribution is -2.70. The summed E-state index contributed by atoms with van der Waals surface area (Å²) in [6, 6.07) is 3.78. The minimum absolute atomic E-state index is 0.0462. The molecule has 5 nitrogen and oxygen atoms in total. The molecular formula is C9H9NO4. The van der Waals surface area contributed by atoms with Crippen LogP contribution < -0.4 is 5.32 Å². The summed E-state index contributed by atoms with van der Waals surface area (Å²) in [5.41, 5.74) is 0.396. The Kier molecular flexibility index (Phi) is 2.83. The molecule has 0 aliphatic carbocycles. The van der Waals surface area contributed by atoms with Gasteiger partial charge in [0.15, 0.2) is 0 Å². The van der Waals surface area contributed by atoms with Crippen LogP contribution in [0.3, 0.4) is 0 Å². The topological polar surface area (TPSA) is 91.2 Å². The number of carbonyl (C=O) groups is 2. The largest absolute Gasteiger partial charge is 0.478 e. The van der Waals surface area contributed by atoms with E-state index in [9.17, 15) is 9.59 Å². The number of hydrogen-bond donors (Lipinski definition) is 3. The van der Waals surface area contributed by atoms with Crippen LogP contribution in [0, 0.1) is 7.05 Å². The van der Waals surface area contributed by atoms with Crippen LogP contribution in [0.5, 0.6) is 0 Å². The van der Waals surface area contributed by atoms with Crippen LogP contribution in [0.25, 0.3) is 0 Å². The van der Waals surface area contributed by atoms with Crippen LogP contribution in [-0.2, 0) is 0 Å². The highest BCUT2D eigenvalue weighted by molar-refractivity contribution is 5.95. The van der Waals surface area contributed by atoms with Crippen molar-refractivity contribution < 1.29 is 25.1 Å². The van der Waals surface area contributed by atoms with Crippen molar-refractivity contribution >= 4 is 17.6 Å². The fourth-order valence-corrected chi connectivity index (χ4v) is 1.06. The minimum Gasteiger partial charge on any atom is -0.478 e. The van der Waals surface area contributed by atoms with Gasteiger partial charge in [-0.1, -0.05) is 0 Å². The summed E-state index contributed by atoms with van der Waals surface area (Å²) in [5, 5.41) is 18.7. The van der Waals surface area contributed by atoms with Gasteiger partial charge in [-0.3, -0.25) is 0 Å². The van der Waals surface area contributed by atoms with Crippen molar-refractivity contribution in [3.63, 3.8) is 0 Å². The number of nitrogens with two attached hydrogens (primary N) is 1. The Bertz CT molecular complexity index is 386. The van der Waals surface area contributed by atoms with E-state index in [4.69, 9.17) is 10.2 Å². The van der Waals surface area contributed by atoms with Crippen molar-refractivity contribution in [1.82, 2.24) is 0 Å². The van der Waals surface area contributed by atoms with E-state index in [1.54, 1.807) is 0 Å². The number of quaternary nitrogens is 1. The third kappa shape index (κ3) is 1.89. The molecule has 1 rings (SSSR count). The highest BCUT2D eigenvalue weighted by atomic mass is 16.4. The molecule has 74 valence electrons. The monoisotopic (exact) mass is 195 g/mol. The summed E-state index contributed by atoms with van der Waals surface area (Å²) >= 11 is 0. The molecule has 0 unspecified atom stereocenters. The van der Waals surface area contributed by atoms with Gasteiger partial charge in [-0.05, 0) is 12.1 Å². The fraction of sp³-hybridized carbons (Fsp3) is 0. The maximum absolute atomic E-state index is 10.7. The van der Waals surface area contributed by atoms with E-state index in [-0.39, 0.29) is 11.1 Å². The number of benzene rings is 1. The molecule has 1 aromatic carbocycles. The van der Waals surface area contributed by atoms with E-state index in [2.05, 4.69) is 7.05 Å². The molecule has 5 heteroatoms. The van der Waals surface area contributed by atoms with Gasteiger partial charge in [0.05, 0.1) is 5.56 Å². The second-order valence-electron chi connectivity index (χ2n) is 2.62. The first kappa shape index (κ1) is 10.2. The first-order valence-corrected chi connectivity index (χ1v) is 3.79. The van der Waals surface area contributed by atoms with E-state index in [1.165, 1.54) is 23.5 Å². The Morgan fingerprint density at radius 2 is 1.86 bits per heavy atom. The van der Waals surface area contributed by atoms with Crippen molar-refractivity contribution in [1.29, 1.82) is 0 Å². The molecule has 0 saturated carbocycles. The molecule has 0 fully saturated rings. The molecule has 0 radical (unpaired) electrons. The summed E-state index contributed by atoms with van der Waals surface area (Å²) in [6.07, 6.45) is 0. The van der Waals surface area contributed by atoms with Gasteiger partial charge in [-0.2, -0.15) is 0 Å². The van der Waals surface area contributed by atoms with Crippen molar-refractivity contribution in [3.05, 3.63) is 36.4 Å². The molecule has 0 atom stereocenters. The third-order valence-electron chi connectivity index (χ3n) is 1.75. The first-order valence-electron chi connectivity index (χ1n) is 3.79. The standard InChI is InChI=1S/C9H9NO4/c1-10-7-4-5(8(11)12)2-3-6(7)9(13)14/h2-4H,1,10H2,(H,11,12)(H,13,14). The summed E-state index contributed by atoms with van der Waals surface area (Å²) in [6.45, 7) is 0. The zero-order valence-corrected chi connectivity index (χ0v) is 7.23. The number of carboxylic acid groups (broad SMARTS) is 2. The van der Waals surface area contributed by atoms with Crippen molar-refractivity contribution in [2.24, 2.45) is 0 Å². The summed E-state index contributed by atoms with van der Waals surface area (Å²) in [5.74, 6) is -2.19. The number of carboxylic acids is 2. The minimum atomic E-state index is -1.10. The summed E-state index contributed by atoms with van der Waals surface area (Å²) in [4.78, 5) is 21.2. The highest BCUT2D eigenvalue weighted by Crippen LogP contribution is 2.13. The van der Waals surface area contributed by atoms with Crippen molar-refractivity contribution in [2.75, 3.05) is 0 Å². The van der Waals surface area contributed by atoms with Crippen LogP contribution >= 0.6 is 0 Å². The molecule has 0 aromatic heterocycles. The molecule has 0 aliphatic heterocycles. The second-order valence-corrected chi connectivity index (χ2v) is 2.62. The normalized spacial score (nSPS) is 9.79. The van der Waals surface area contributed by atoms with Gasteiger partial charge in [0.2, 0.25) is 0 Å². The first-order chi connectivity index (χ1) is 6.56. The maximum Gasteiger partial charge on any atom is 0.341 e. The van der Waals surface area contributed by atoms with Gasteiger partial charge in [0.1, 0.15) is 11.3 Å². The van der Waals surface area contributed by atoms with Gasteiger partial charge < -0.3 is 15.5 Å². The van der Waals surface area contributed by atoms with Gasteiger partial charge >= 0.3 is 11.9 Å². The predicted molar refractivity (Wildman–Crippen MR) is 47.3 cm³/mol. The highest BCUT2D eigenvalue weighted by Gasteiger charge is 2.13. The van der Waals surface area contributed by atoms with Crippen LogP contribution in [0.1, 0.15) is 20.7 Å². The van der Waals surface area contributed by atoms with Crippen LogP contribution in [-0.4, -0.2) is 22.2 Å². The molecule has 14 heavy (non-hydrogen) atoms. The number of hydrogen-bond acceptors (Lipinski definition) is 2. The Morgan fingerprint density at radius 1 is 1.21 bits per heavy atom. The Labute approximate surface area is 80.0 Å². The van der Waals surface area contributed by atoms with Gasteiger partial charge in [-0.15, -0.1) is 7.05 Å². The molecule has 0 aliphatic rings. The molecular weight excluding hydrogens is 186 g/mol. The van der Waals surface area contributed by atoms with Crippen LogP contribution in [0.15, 0.2) is 18.2 Å². The lowest BCUT2D eigenvalue weighted by molar-refractivity contribution is -0.504. The predicted octanol–water partition coefficient (Wildman–Crippen LogP) is 0.0695. The molecule has 0 spiro atoms. The zero-order chi connectivity index (χ0) is 10.7. The van der Waals surface area contributed by atoms with E-state index >= 15 is 0 Å². The van der Waals surface area contributed by atoms with Crippen molar-refractivity contribution in [3.8, 4) is 0 Å². The second kappa shape index (κ2) is 3.89. The molecule has 0 bridgehead atoms. The lowest BCUT2D eigenvalue weighted by atomic mass is 10.1.